The van der Waals surface area contributed by atoms with Gasteiger partial charge in [-0.15, -0.1) is 0 Å². The number of H-pyrrole nitrogens is 1. The number of allylic oxidation sites excluding steroid dienone is 2. The first-order chi connectivity index (χ1) is 10.6. The molecule has 0 bridgehead atoms. The largest absolute Gasteiger partial charge is 0.283 e. The molecule has 0 saturated heterocycles. The number of nitriles is 1. The van der Waals surface area contributed by atoms with Gasteiger partial charge < -0.3 is 0 Å². The molecule has 0 aliphatic heterocycles. The Hall–Kier alpha value is -2.34. The quantitative estimate of drug-likeness (QED) is 0.805. The van der Waals surface area contributed by atoms with Gasteiger partial charge in [0, 0.05) is 22.7 Å². The van der Waals surface area contributed by atoms with Crippen LogP contribution in [-0.2, 0) is 0 Å². The number of benzene rings is 1. The van der Waals surface area contributed by atoms with Crippen LogP contribution in [0.4, 0.5) is 0 Å². The summed E-state index contributed by atoms with van der Waals surface area (Å²) in [7, 11) is 0. The molecule has 0 saturated carbocycles. The van der Waals surface area contributed by atoms with Crippen molar-refractivity contribution in [3.63, 3.8) is 0 Å². The SMILES string of the molecule is CCC/C(C)=C(\C#N)C(c1ccccc1C)c1cn[nH]c1C. The van der Waals surface area contributed by atoms with E-state index in [-0.39, 0.29) is 5.92 Å². The Bertz CT molecular complexity index is 716. The van der Waals surface area contributed by atoms with Gasteiger partial charge in [0.15, 0.2) is 0 Å². The highest BCUT2D eigenvalue weighted by molar-refractivity contribution is 5.50. The maximum absolute atomic E-state index is 9.80. The number of aromatic nitrogens is 2. The standard InChI is InChI=1S/C19H23N3/c1-5-8-13(2)17(11-20)19(18-12-21-22-15(18)4)16-10-7-6-9-14(16)3/h6-7,9-10,12,19H,5,8H2,1-4H3,(H,21,22)/b17-13+. The Balaban J connectivity index is 2.67. The van der Waals surface area contributed by atoms with Gasteiger partial charge in [-0.25, -0.2) is 0 Å². The predicted octanol–water partition coefficient (Wildman–Crippen LogP) is 4.80. The lowest BCUT2D eigenvalue weighted by Crippen LogP contribution is -2.08. The highest BCUT2D eigenvalue weighted by Crippen LogP contribution is 2.36. The fourth-order valence-corrected chi connectivity index (χ4v) is 2.96. The smallest absolute Gasteiger partial charge is 0.0956 e. The van der Waals surface area contributed by atoms with Crippen molar-refractivity contribution in [3.8, 4) is 6.07 Å². The Morgan fingerprint density at radius 2 is 2.00 bits per heavy atom. The first-order valence-electron chi connectivity index (χ1n) is 7.75. The third kappa shape index (κ3) is 3.12. The van der Waals surface area contributed by atoms with E-state index in [1.165, 1.54) is 16.7 Å². The lowest BCUT2D eigenvalue weighted by atomic mass is 9.81. The maximum Gasteiger partial charge on any atom is 0.0956 e. The van der Waals surface area contributed by atoms with Gasteiger partial charge in [-0.1, -0.05) is 43.2 Å². The zero-order chi connectivity index (χ0) is 16.1. The summed E-state index contributed by atoms with van der Waals surface area (Å²) in [5.74, 6) is -0.0449. The van der Waals surface area contributed by atoms with E-state index in [9.17, 15) is 5.26 Å². The molecule has 22 heavy (non-hydrogen) atoms. The second-order valence-electron chi connectivity index (χ2n) is 5.80. The Kier molecular flexibility index (Phi) is 5.16. The van der Waals surface area contributed by atoms with Gasteiger partial charge in [0.1, 0.15) is 0 Å². The zero-order valence-corrected chi connectivity index (χ0v) is 13.8. The van der Waals surface area contributed by atoms with Crippen molar-refractivity contribution in [2.45, 2.75) is 46.5 Å². The summed E-state index contributed by atoms with van der Waals surface area (Å²) in [5.41, 5.74) is 6.50. The van der Waals surface area contributed by atoms with E-state index in [0.717, 1.165) is 29.7 Å². The van der Waals surface area contributed by atoms with E-state index in [4.69, 9.17) is 0 Å². The van der Waals surface area contributed by atoms with Crippen LogP contribution in [0.2, 0.25) is 0 Å². The zero-order valence-electron chi connectivity index (χ0n) is 13.8. The monoisotopic (exact) mass is 293 g/mol. The molecule has 2 aromatic rings. The third-order valence-corrected chi connectivity index (χ3v) is 4.17. The van der Waals surface area contributed by atoms with Gasteiger partial charge in [-0.3, -0.25) is 5.10 Å². The van der Waals surface area contributed by atoms with Crippen LogP contribution in [0, 0.1) is 25.2 Å². The van der Waals surface area contributed by atoms with E-state index in [2.05, 4.69) is 49.2 Å². The molecule has 1 atom stereocenters. The van der Waals surface area contributed by atoms with Crippen molar-refractivity contribution in [3.05, 3.63) is 64.0 Å². The van der Waals surface area contributed by atoms with Crippen molar-refractivity contribution >= 4 is 0 Å². The summed E-state index contributed by atoms with van der Waals surface area (Å²) in [6.45, 7) is 8.33. The molecule has 114 valence electrons. The normalized spacial score (nSPS) is 13.4. The lowest BCUT2D eigenvalue weighted by molar-refractivity contribution is 0.858. The van der Waals surface area contributed by atoms with Gasteiger partial charge in [0.05, 0.1) is 12.3 Å². The topological polar surface area (TPSA) is 52.5 Å². The van der Waals surface area contributed by atoms with Crippen molar-refractivity contribution < 1.29 is 0 Å². The molecule has 0 radical (unpaired) electrons. The highest BCUT2D eigenvalue weighted by Gasteiger charge is 2.25. The van der Waals surface area contributed by atoms with E-state index in [1.54, 1.807) is 0 Å². The Morgan fingerprint density at radius 1 is 1.27 bits per heavy atom. The maximum atomic E-state index is 9.80. The van der Waals surface area contributed by atoms with Crippen LogP contribution in [0.3, 0.4) is 0 Å². The van der Waals surface area contributed by atoms with Crippen LogP contribution in [0.1, 0.15) is 55.0 Å². The van der Waals surface area contributed by atoms with Crippen molar-refractivity contribution in [1.82, 2.24) is 10.2 Å². The van der Waals surface area contributed by atoms with E-state index in [1.807, 2.05) is 25.3 Å². The minimum Gasteiger partial charge on any atom is -0.283 e. The Labute approximate surface area is 132 Å². The molecule has 1 N–H and O–H groups in total. The summed E-state index contributed by atoms with van der Waals surface area (Å²) in [5, 5.41) is 17.0. The first-order valence-corrected chi connectivity index (χ1v) is 7.75. The van der Waals surface area contributed by atoms with E-state index >= 15 is 0 Å². The van der Waals surface area contributed by atoms with Gasteiger partial charge in [-0.2, -0.15) is 10.4 Å². The van der Waals surface area contributed by atoms with Crippen molar-refractivity contribution in [2.75, 3.05) is 0 Å². The molecule has 0 amide bonds. The van der Waals surface area contributed by atoms with Crippen molar-refractivity contribution in [1.29, 1.82) is 5.26 Å². The number of nitrogens with one attached hydrogen (secondary N) is 1. The average Bonchev–Trinajstić information content (AvgIpc) is 2.91. The third-order valence-electron chi connectivity index (χ3n) is 4.17. The van der Waals surface area contributed by atoms with E-state index < -0.39 is 0 Å². The number of aromatic amines is 1. The van der Waals surface area contributed by atoms with Gasteiger partial charge >= 0.3 is 0 Å². The van der Waals surface area contributed by atoms with E-state index in [0.29, 0.717) is 0 Å². The number of aryl methyl sites for hydroxylation is 2. The molecule has 1 aromatic heterocycles. The van der Waals surface area contributed by atoms with Crippen LogP contribution in [0.15, 0.2) is 41.6 Å². The van der Waals surface area contributed by atoms with Crippen LogP contribution in [0.25, 0.3) is 0 Å². The highest BCUT2D eigenvalue weighted by atomic mass is 15.1. The fraction of sp³-hybridized carbons (Fsp3) is 0.368. The second-order valence-corrected chi connectivity index (χ2v) is 5.80. The summed E-state index contributed by atoms with van der Waals surface area (Å²) < 4.78 is 0. The van der Waals surface area contributed by atoms with Gasteiger partial charge in [-0.05, 0) is 38.3 Å². The summed E-state index contributed by atoms with van der Waals surface area (Å²) in [6.07, 6.45) is 3.84. The number of rotatable bonds is 5. The fourth-order valence-electron chi connectivity index (χ4n) is 2.96. The molecule has 0 aliphatic carbocycles. The summed E-state index contributed by atoms with van der Waals surface area (Å²) in [6, 6.07) is 10.8. The molecule has 2 rings (SSSR count). The second kappa shape index (κ2) is 7.09. The molecule has 3 nitrogen and oxygen atoms in total. The molecule has 1 aromatic carbocycles. The molecular weight excluding hydrogens is 270 g/mol. The van der Waals surface area contributed by atoms with Gasteiger partial charge in [0.2, 0.25) is 0 Å². The molecule has 0 aliphatic rings. The minimum absolute atomic E-state index is 0.0449. The van der Waals surface area contributed by atoms with Crippen LogP contribution < -0.4 is 0 Å². The van der Waals surface area contributed by atoms with Gasteiger partial charge in [0.25, 0.3) is 0 Å². The van der Waals surface area contributed by atoms with Crippen LogP contribution in [0.5, 0.6) is 0 Å². The molecule has 1 heterocycles. The number of hydrogen-bond acceptors (Lipinski definition) is 2. The van der Waals surface area contributed by atoms with Crippen LogP contribution >= 0.6 is 0 Å². The summed E-state index contributed by atoms with van der Waals surface area (Å²) in [4.78, 5) is 0. The molecular formula is C19H23N3. The molecule has 0 fully saturated rings. The Morgan fingerprint density at radius 3 is 2.55 bits per heavy atom. The summed E-state index contributed by atoms with van der Waals surface area (Å²) >= 11 is 0. The lowest BCUT2D eigenvalue weighted by Gasteiger charge is -2.20. The number of hydrogen-bond donors (Lipinski definition) is 1. The minimum atomic E-state index is -0.0449. The molecule has 0 spiro atoms. The number of nitrogens with zero attached hydrogens (tertiary/aromatic N) is 2. The average molecular weight is 293 g/mol. The van der Waals surface area contributed by atoms with Crippen LogP contribution in [-0.4, -0.2) is 10.2 Å². The molecule has 3 heteroatoms. The van der Waals surface area contributed by atoms with Crippen molar-refractivity contribution in [2.24, 2.45) is 0 Å². The first kappa shape index (κ1) is 16.0. The predicted molar refractivity (Wildman–Crippen MR) is 89.6 cm³/mol. The molecule has 1 unspecified atom stereocenters.